The number of amides is 1. The first-order valence-electron chi connectivity index (χ1n) is 5.83. The monoisotopic (exact) mass is 283 g/mol. The maximum atomic E-state index is 12.0. The summed E-state index contributed by atoms with van der Waals surface area (Å²) in [5.74, 6) is -0.367. The van der Waals surface area contributed by atoms with Crippen molar-refractivity contribution in [3.63, 3.8) is 0 Å². The lowest BCUT2D eigenvalue weighted by molar-refractivity contribution is -0.118. The van der Waals surface area contributed by atoms with Crippen LogP contribution in [-0.4, -0.2) is 47.2 Å². The molecule has 2 N–H and O–H groups in total. The molecule has 5 nitrogen and oxygen atoms in total. The van der Waals surface area contributed by atoms with Crippen molar-refractivity contribution in [2.24, 2.45) is 0 Å². The molecule has 0 aliphatic heterocycles. The molecule has 0 unspecified atom stereocenters. The van der Waals surface area contributed by atoms with Gasteiger partial charge in [-0.15, -0.1) is 0 Å². The number of aliphatic hydroxyl groups is 1. The summed E-state index contributed by atoms with van der Waals surface area (Å²) in [5.41, 5.74) is 0.773. The van der Waals surface area contributed by atoms with E-state index < -0.39 is 5.97 Å². The van der Waals surface area contributed by atoms with Crippen LogP contribution in [-0.2, 0) is 4.79 Å². The Morgan fingerprint density at radius 3 is 2.37 bits per heavy atom. The lowest BCUT2D eigenvalue weighted by atomic mass is 10.2. The molecule has 0 saturated carbocycles. The second-order valence-corrected chi connectivity index (χ2v) is 4.85. The number of carbonyl (C=O) groups excluding carboxylic acids is 1. The van der Waals surface area contributed by atoms with Gasteiger partial charge < -0.3 is 15.1 Å². The number of rotatable bonds is 7. The Bertz CT molecular complexity index is 433. The van der Waals surface area contributed by atoms with Crippen molar-refractivity contribution in [1.29, 1.82) is 0 Å². The Morgan fingerprint density at radius 1 is 1.26 bits per heavy atom. The molecule has 0 atom stereocenters. The van der Waals surface area contributed by atoms with Gasteiger partial charge in [0.1, 0.15) is 0 Å². The molecular formula is C13H17NO4S. The summed E-state index contributed by atoms with van der Waals surface area (Å²) in [6.07, 6.45) is 2.31. The number of carboxylic acids is 1. The van der Waals surface area contributed by atoms with Crippen LogP contribution in [0.15, 0.2) is 24.3 Å². The first kappa shape index (κ1) is 15.5. The lowest BCUT2D eigenvalue weighted by Gasteiger charge is -2.22. The fraction of sp³-hybridized carbons (Fsp3) is 0.385. The van der Waals surface area contributed by atoms with E-state index in [1.54, 1.807) is 23.9 Å². The standard InChI is InChI=1S/C13H17NO4S/c1-19-9-6-12(16)14(7-8-15)11-4-2-10(3-5-11)13(17)18/h2-5,15H,6-9H2,1H3,(H,17,18). The predicted molar refractivity (Wildman–Crippen MR) is 75.8 cm³/mol. The molecule has 1 aromatic carbocycles. The van der Waals surface area contributed by atoms with Crippen molar-refractivity contribution >= 4 is 29.3 Å². The lowest BCUT2D eigenvalue weighted by Crippen LogP contribution is -2.33. The van der Waals surface area contributed by atoms with E-state index in [4.69, 9.17) is 10.2 Å². The Morgan fingerprint density at radius 2 is 1.89 bits per heavy atom. The third kappa shape index (κ3) is 4.57. The molecule has 1 rings (SSSR count). The number of thioether (sulfide) groups is 1. The normalized spacial score (nSPS) is 10.2. The SMILES string of the molecule is CSCCC(=O)N(CCO)c1ccc(C(=O)O)cc1. The zero-order valence-electron chi connectivity index (χ0n) is 10.7. The molecule has 0 aliphatic rings. The van der Waals surface area contributed by atoms with E-state index in [0.717, 1.165) is 0 Å². The van der Waals surface area contributed by atoms with Gasteiger partial charge in [-0.2, -0.15) is 11.8 Å². The molecule has 0 bridgehead atoms. The zero-order chi connectivity index (χ0) is 14.3. The van der Waals surface area contributed by atoms with Crippen molar-refractivity contribution in [3.05, 3.63) is 29.8 Å². The molecule has 1 aromatic rings. The van der Waals surface area contributed by atoms with E-state index >= 15 is 0 Å². The van der Waals surface area contributed by atoms with E-state index in [1.807, 2.05) is 6.26 Å². The second-order valence-electron chi connectivity index (χ2n) is 3.86. The molecule has 0 radical (unpaired) electrons. The van der Waals surface area contributed by atoms with Gasteiger partial charge in [-0.3, -0.25) is 4.79 Å². The van der Waals surface area contributed by atoms with Crippen LogP contribution in [0.2, 0.25) is 0 Å². The molecule has 0 heterocycles. The van der Waals surface area contributed by atoms with E-state index in [2.05, 4.69) is 0 Å². The van der Waals surface area contributed by atoms with E-state index in [9.17, 15) is 9.59 Å². The van der Waals surface area contributed by atoms with Gasteiger partial charge >= 0.3 is 5.97 Å². The summed E-state index contributed by atoms with van der Waals surface area (Å²) in [5, 5.41) is 17.8. The third-order valence-corrected chi connectivity index (χ3v) is 3.18. The van der Waals surface area contributed by atoms with Gasteiger partial charge in [-0.1, -0.05) is 0 Å². The van der Waals surface area contributed by atoms with Crippen LogP contribution in [0.3, 0.4) is 0 Å². The Labute approximate surface area is 116 Å². The highest BCUT2D eigenvalue weighted by molar-refractivity contribution is 7.98. The maximum absolute atomic E-state index is 12.0. The molecule has 0 aromatic heterocycles. The van der Waals surface area contributed by atoms with Crippen molar-refractivity contribution in [2.45, 2.75) is 6.42 Å². The summed E-state index contributed by atoms with van der Waals surface area (Å²) in [6.45, 7) is 0.0747. The molecule has 19 heavy (non-hydrogen) atoms. The first-order valence-corrected chi connectivity index (χ1v) is 7.23. The van der Waals surface area contributed by atoms with Gasteiger partial charge in [0.15, 0.2) is 0 Å². The Kier molecular flexibility index (Phi) is 6.38. The zero-order valence-corrected chi connectivity index (χ0v) is 11.5. The number of anilines is 1. The van der Waals surface area contributed by atoms with Crippen LogP contribution in [0.4, 0.5) is 5.69 Å². The molecule has 1 amide bonds. The molecule has 104 valence electrons. The number of nitrogens with zero attached hydrogens (tertiary/aromatic N) is 1. The average molecular weight is 283 g/mol. The molecule has 0 saturated heterocycles. The van der Waals surface area contributed by atoms with Crippen LogP contribution in [0, 0.1) is 0 Å². The van der Waals surface area contributed by atoms with Crippen molar-refractivity contribution in [3.8, 4) is 0 Å². The van der Waals surface area contributed by atoms with Gasteiger partial charge in [-0.25, -0.2) is 4.79 Å². The van der Waals surface area contributed by atoms with Gasteiger partial charge in [0, 0.05) is 24.4 Å². The van der Waals surface area contributed by atoms with Gasteiger partial charge in [-0.05, 0) is 30.5 Å². The average Bonchev–Trinajstić information content (AvgIpc) is 2.42. The highest BCUT2D eigenvalue weighted by Gasteiger charge is 2.15. The smallest absolute Gasteiger partial charge is 0.335 e. The summed E-state index contributed by atoms with van der Waals surface area (Å²) in [6, 6.07) is 6.06. The molecular weight excluding hydrogens is 266 g/mol. The van der Waals surface area contributed by atoms with Crippen molar-refractivity contribution in [1.82, 2.24) is 0 Å². The predicted octanol–water partition coefficient (Wildman–Crippen LogP) is 1.46. The minimum atomic E-state index is -1.01. The molecule has 0 fully saturated rings. The highest BCUT2D eigenvalue weighted by Crippen LogP contribution is 2.17. The number of hydrogen-bond acceptors (Lipinski definition) is 4. The minimum Gasteiger partial charge on any atom is -0.478 e. The summed E-state index contributed by atoms with van der Waals surface area (Å²) >= 11 is 1.58. The number of aliphatic hydroxyl groups excluding tert-OH is 1. The van der Waals surface area contributed by atoms with Crippen LogP contribution in [0.25, 0.3) is 0 Å². The van der Waals surface area contributed by atoms with Crippen LogP contribution < -0.4 is 4.90 Å². The van der Waals surface area contributed by atoms with Crippen LogP contribution >= 0.6 is 11.8 Å². The van der Waals surface area contributed by atoms with Crippen LogP contribution in [0.5, 0.6) is 0 Å². The third-order valence-electron chi connectivity index (χ3n) is 2.57. The summed E-state index contributed by atoms with van der Waals surface area (Å²) in [4.78, 5) is 24.2. The largest absolute Gasteiger partial charge is 0.478 e. The van der Waals surface area contributed by atoms with Crippen molar-refractivity contribution in [2.75, 3.05) is 30.1 Å². The molecule has 6 heteroatoms. The Balaban J connectivity index is 2.85. The van der Waals surface area contributed by atoms with Gasteiger partial charge in [0.05, 0.1) is 12.2 Å². The van der Waals surface area contributed by atoms with Crippen molar-refractivity contribution < 1.29 is 19.8 Å². The van der Waals surface area contributed by atoms with Gasteiger partial charge in [0.2, 0.25) is 5.91 Å². The van der Waals surface area contributed by atoms with Gasteiger partial charge in [0.25, 0.3) is 0 Å². The number of aromatic carboxylic acids is 1. The number of carbonyl (C=O) groups is 2. The fourth-order valence-electron chi connectivity index (χ4n) is 1.61. The highest BCUT2D eigenvalue weighted by atomic mass is 32.2. The number of carboxylic acid groups (broad SMARTS) is 1. The second kappa shape index (κ2) is 7.81. The minimum absolute atomic E-state index is 0.0773. The number of benzene rings is 1. The summed E-state index contributed by atoms with van der Waals surface area (Å²) in [7, 11) is 0. The van der Waals surface area contributed by atoms with Crippen LogP contribution in [0.1, 0.15) is 16.8 Å². The van der Waals surface area contributed by atoms with E-state index in [0.29, 0.717) is 17.9 Å². The van der Waals surface area contributed by atoms with E-state index in [1.165, 1.54) is 17.0 Å². The fourth-order valence-corrected chi connectivity index (χ4v) is 1.98. The molecule has 0 aliphatic carbocycles. The number of hydrogen-bond donors (Lipinski definition) is 2. The summed E-state index contributed by atoms with van der Waals surface area (Å²) < 4.78 is 0. The Hall–Kier alpha value is -1.53. The quantitative estimate of drug-likeness (QED) is 0.792. The van der Waals surface area contributed by atoms with E-state index in [-0.39, 0.29) is 24.6 Å². The molecule has 0 spiro atoms. The first-order chi connectivity index (χ1) is 9.10. The topological polar surface area (TPSA) is 77.8 Å². The maximum Gasteiger partial charge on any atom is 0.335 e.